The second kappa shape index (κ2) is 3.98. The van der Waals surface area contributed by atoms with Crippen LogP contribution in [-0.2, 0) is 6.54 Å². The third-order valence-corrected chi connectivity index (χ3v) is 2.30. The van der Waals surface area contributed by atoms with E-state index < -0.39 is 5.97 Å². The average Bonchev–Trinajstić information content (AvgIpc) is 2.57. The number of carbonyl (C=O) groups is 1. The van der Waals surface area contributed by atoms with Crippen LogP contribution in [0.3, 0.4) is 0 Å². The van der Waals surface area contributed by atoms with Gasteiger partial charge in [-0.3, -0.25) is 4.68 Å². The van der Waals surface area contributed by atoms with Gasteiger partial charge in [-0.2, -0.15) is 5.10 Å². The Bertz CT molecular complexity index is 574. The van der Waals surface area contributed by atoms with E-state index in [-0.39, 0.29) is 5.69 Å². The van der Waals surface area contributed by atoms with Gasteiger partial charge >= 0.3 is 5.97 Å². The Morgan fingerprint density at radius 2 is 2.19 bits per heavy atom. The number of carboxylic acids is 1. The van der Waals surface area contributed by atoms with Gasteiger partial charge in [0.1, 0.15) is 0 Å². The van der Waals surface area contributed by atoms with E-state index in [1.54, 1.807) is 18.2 Å². The van der Waals surface area contributed by atoms with Crippen molar-refractivity contribution in [3.63, 3.8) is 0 Å². The number of aromatic carboxylic acids is 1. The number of allylic oxidation sites excluding steroid dienone is 1. The number of aromatic nitrogens is 2. The predicted molar refractivity (Wildman–Crippen MR) is 61.7 cm³/mol. The van der Waals surface area contributed by atoms with E-state index in [0.717, 1.165) is 5.52 Å². The summed E-state index contributed by atoms with van der Waals surface area (Å²) in [5.74, 6) is -1.05. The van der Waals surface area contributed by atoms with Crippen LogP contribution in [-0.4, -0.2) is 20.9 Å². The molecule has 0 spiro atoms. The van der Waals surface area contributed by atoms with Crippen LogP contribution >= 0.6 is 11.6 Å². The van der Waals surface area contributed by atoms with Gasteiger partial charge in [0.25, 0.3) is 0 Å². The second-order valence-electron chi connectivity index (χ2n) is 3.35. The number of hydrogen-bond acceptors (Lipinski definition) is 2. The molecule has 0 saturated heterocycles. The number of carboxylic acid groups (broad SMARTS) is 1. The van der Waals surface area contributed by atoms with Crippen molar-refractivity contribution < 1.29 is 9.90 Å². The molecule has 0 radical (unpaired) electrons. The van der Waals surface area contributed by atoms with Gasteiger partial charge in [-0.1, -0.05) is 36.4 Å². The zero-order valence-corrected chi connectivity index (χ0v) is 9.11. The fourth-order valence-corrected chi connectivity index (χ4v) is 1.68. The summed E-state index contributed by atoms with van der Waals surface area (Å²) in [5, 5.41) is 14.0. The molecular weight excluding hydrogens is 228 g/mol. The Balaban J connectivity index is 2.66. The molecular formula is C11H9ClN2O2. The molecule has 0 saturated carbocycles. The lowest BCUT2D eigenvalue weighted by molar-refractivity contribution is 0.0691. The molecule has 0 amide bonds. The SMILES string of the molecule is C=C(Cl)Cn1nc(C(=O)O)c2ccccc21. The highest BCUT2D eigenvalue weighted by molar-refractivity contribution is 6.29. The van der Waals surface area contributed by atoms with Crippen molar-refractivity contribution in [1.82, 2.24) is 9.78 Å². The highest BCUT2D eigenvalue weighted by atomic mass is 35.5. The van der Waals surface area contributed by atoms with E-state index in [0.29, 0.717) is 17.0 Å². The van der Waals surface area contributed by atoms with E-state index in [2.05, 4.69) is 11.7 Å². The molecule has 4 nitrogen and oxygen atoms in total. The van der Waals surface area contributed by atoms with E-state index in [1.807, 2.05) is 6.07 Å². The van der Waals surface area contributed by atoms with Crippen molar-refractivity contribution in [2.45, 2.75) is 6.54 Å². The fraction of sp³-hybridized carbons (Fsp3) is 0.0909. The Morgan fingerprint density at radius 1 is 1.50 bits per heavy atom. The number of benzene rings is 1. The molecule has 0 fully saturated rings. The van der Waals surface area contributed by atoms with Gasteiger partial charge in [-0.15, -0.1) is 0 Å². The number of nitrogens with zero attached hydrogens (tertiary/aromatic N) is 2. The molecule has 2 aromatic rings. The molecule has 0 unspecified atom stereocenters. The summed E-state index contributed by atoms with van der Waals surface area (Å²) < 4.78 is 1.54. The highest BCUT2D eigenvalue weighted by Gasteiger charge is 2.15. The standard InChI is InChI=1S/C11H9ClN2O2/c1-7(12)6-14-9-5-3-2-4-8(9)10(13-14)11(15)16/h2-5H,1,6H2,(H,15,16). The van der Waals surface area contributed by atoms with Crippen molar-refractivity contribution in [2.24, 2.45) is 0 Å². The Morgan fingerprint density at radius 3 is 2.81 bits per heavy atom. The molecule has 0 bridgehead atoms. The first-order valence-corrected chi connectivity index (χ1v) is 4.99. The van der Waals surface area contributed by atoms with Gasteiger partial charge in [0, 0.05) is 10.4 Å². The topological polar surface area (TPSA) is 55.1 Å². The maximum Gasteiger partial charge on any atom is 0.357 e. The minimum Gasteiger partial charge on any atom is -0.476 e. The van der Waals surface area contributed by atoms with Crippen LogP contribution in [0.2, 0.25) is 0 Å². The van der Waals surface area contributed by atoms with Gasteiger partial charge in [-0.05, 0) is 6.07 Å². The molecule has 16 heavy (non-hydrogen) atoms. The van der Waals surface area contributed by atoms with Crippen LogP contribution in [0.1, 0.15) is 10.5 Å². The molecule has 0 aliphatic carbocycles. The first-order valence-electron chi connectivity index (χ1n) is 4.61. The monoisotopic (exact) mass is 236 g/mol. The smallest absolute Gasteiger partial charge is 0.357 e. The zero-order valence-electron chi connectivity index (χ0n) is 8.35. The summed E-state index contributed by atoms with van der Waals surface area (Å²) in [6, 6.07) is 7.12. The van der Waals surface area contributed by atoms with Crippen LogP contribution in [0, 0.1) is 0 Å². The Kier molecular flexibility index (Phi) is 2.66. The van der Waals surface area contributed by atoms with E-state index in [1.165, 1.54) is 4.68 Å². The van der Waals surface area contributed by atoms with E-state index in [9.17, 15) is 4.79 Å². The molecule has 5 heteroatoms. The van der Waals surface area contributed by atoms with Gasteiger partial charge in [-0.25, -0.2) is 4.79 Å². The van der Waals surface area contributed by atoms with Crippen molar-refractivity contribution in [3.05, 3.63) is 41.6 Å². The molecule has 82 valence electrons. The van der Waals surface area contributed by atoms with Gasteiger partial charge in [0.2, 0.25) is 0 Å². The minimum absolute atomic E-state index is 0.0357. The fourth-order valence-electron chi connectivity index (χ4n) is 1.57. The molecule has 1 aromatic heterocycles. The van der Waals surface area contributed by atoms with E-state index in [4.69, 9.17) is 16.7 Å². The average molecular weight is 237 g/mol. The summed E-state index contributed by atoms with van der Waals surface area (Å²) in [6.07, 6.45) is 0. The lowest BCUT2D eigenvalue weighted by Gasteiger charge is -1.99. The van der Waals surface area contributed by atoms with Gasteiger partial charge < -0.3 is 5.11 Å². The molecule has 2 rings (SSSR count). The molecule has 0 aliphatic heterocycles. The number of para-hydroxylation sites is 1. The quantitative estimate of drug-likeness (QED) is 0.891. The van der Waals surface area contributed by atoms with Crippen molar-refractivity contribution in [2.75, 3.05) is 0 Å². The maximum absolute atomic E-state index is 11.0. The minimum atomic E-state index is -1.05. The van der Waals surface area contributed by atoms with Gasteiger partial charge in [0.05, 0.1) is 12.1 Å². The highest BCUT2D eigenvalue weighted by Crippen LogP contribution is 2.19. The van der Waals surface area contributed by atoms with E-state index >= 15 is 0 Å². The number of rotatable bonds is 3. The molecule has 1 aromatic carbocycles. The second-order valence-corrected chi connectivity index (χ2v) is 3.88. The van der Waals surface area contributed by atoms with Crippen LogP contribution in [0.15, 0.2) is 35.9 Å². The van der Waals surface area contributed by atoms with Crippen molar-refractivity contribution >= 4 is 28.5 Å². The summed E-state index contributed by atoms with van der Waals surface area (Å²) in [7, 11) is 0. The summed E-state index contributed by atoms with van der Waals surface area (Å²) in [6.45, 7) is 3.87. The zero-order chi connectivity index (χ0) is 11.7. The van der Waals surface area contributed by atoms with Crippen LogP contribution < -0.4 is 0 Å². The lowest BCUT2D eigenvalue weighted by Crippen LogP contribution is -2.03. The molecule has 1 N–H and O–H groups in total. The first-order chi connectivity index (χ1) is 7.59. The number of hydrogen-bond donors (Lipinski definition) is 1. The summed E-state index contributed by atoms with van der Waals surface area (Å²) >= 11 is 5.70. The van der Waals surface area contributed by atoms with Crippen molar-refractivity contribution in [3.8, 4) is 0 Å². The first kappa shape index (κ1) is 10.7. The predicted octanol–water partition coefficient (Wildman–Crippen LogP) is 2.49. The molecule has 1 heterocycles. The van der Waals surface area contributed by atoms with Crippen molar-refractivity contribution in [1.29, 1.82) is 0 Å². The third-order valence-electron chi connectivity index (χ3n) is 2.18. The number of fused-ring (bicyclic) bond motifs is 1. The molecule has 0 atom stereocenters. The summed E-state index contributed by atoms with van der Waals surface area (Å²) in [5.41, 5.74) is 0.773. The van der Waals surface area contributed by atoms with Crippen LogP contribution in [0.25, 0.3) is 10.9 Å². The lowest BCUT2D eigenvalue weighted by atomic mass is 10.2. The molecule has 0 aliphatic rings. The largest absolute Gasteiger partial charge is 0.476 e. The van der Waals surface area contributed by atoms with Gasteiger partial charge in [0.15, 0.2) is 5.69 Å². The Hall–Kier alpha value is -1.81. The third kappa shape index (κ3) is 1.79. The Labute approximate surface area is 96.7 Å². The van der Waals surface area contributed by atoms with Crippen LogP contribution in [0.4, 0.5) is 0 Å². The number of halogens is 1. The normalized spacial score (nSPS) is 10.6. The van der Waals surface area contributed by atoms with Crippen LogP contribution in [0.5, 0.6) is 0 Å². The summed E-state index contributed by atoms with van der Waals surface area (Å²) in [4.78, 5) is 11.0. The maximum atomic E-state index is 11.0.